The molecule has 1 fully saturated rings. The van der Waals surface area contributed by atoms with Crippen LogP contribution < -0.4 is 5.32 Å². The minimum Gasteiger partial charge on any atom is -0.480 e. The summed E-state index contributed by atoms with van der Waals surface area (Å²) in [4.78, 5) is 23.0. The second-order valence-electron chi connectivity index (χ2n) is 5.22. The predicted molar refractivity (Wildman–Crippen MR) is 72.1 cm³/mol. The first-order valence-electron chi connectivity index (χ1n) is 6.53. The SMILES string of the molecule is Cc1c(CNC(=O)C2(C(=O)O)CC2)oc2ccccc12. The van der Waals surface area contributed by atoms with Gasteiger partial charge in [0.2, 0.25) is 5.91 Å². The van der Waals surface area contributed by atoms with Crippen molar-refractivity contribution in [2.45, 2.75) is 26.3 Å². The molecule has 104 valence electrons. The molecule has 0 saturated heterocycles. The molecule has 20 heavy (non-hydrogen) atoms. The van der Waals surface area contributed by atoms with Crippen molar-refractivity contribution in [3.8, 4) is 0 Å². The Hall–Kier alpha value is -2.30. The van der Waals surface area contributed by atoms with Gasteiger partial charge in [0.05, 0.1) is 6.54 Å². The number of carboxylic acids is 1. The van der Waals surface area contributed by atoms with Crippen molar-refractivity contribution in [1.29, 1.82) is 0 Å². The summed E-state index contributed by atoms with van der Waals surface area (Å²) >= 11 is 0. The maximum atomic E-state index is 11.9. The number of hydrogen-bond donors (Lipinski definition) is 2. The van der Waals surface area contributed by atoms with E-state index < -0.39 is 17.3 Å². The van der Waals surface area contributed by atoms with E-state index in [2.05, 4.69) is 5.32 Å². The van der Waals surface area contributed by atoms with E-state index in [1.54, 1.807) is 0 Å². The van der Waals surface area contributed by atoms with Gasteiger partial charge >= 0.3 is 5.97 Å². The van der Waals surface area contributed by atoms with E-state index in [1.165, 1.54) is 0 Å². The molecule has 1 heterocycles. The van der Waals surface area contributed by atoms with E-state index in [1.807, 2.05) is 31.2 Å². The fraction of sp³-hybridized carbons (Fsp3) is 0.333. The Morgan fingerprint density at radius 3 is 2.65 bits per heavy atom. The number of carbonyl (C=O) groups is 2. The van der Waals surface area contributed by atoms with Gasteiger partial charge < -0.3 is 14.8 Å². The number of aryl methyl sites for hydroxylation is 1. The summed E-state index contributed by atoms with van der Waals surface area (Å²) < 4.78 is 5.68. The van der Waals surface area contributed by atoms with Gasteiger partial charge in [0.1, 0.15) is 16.8 Å². The molecule has 1 aromatic carbocycles. The van der Waals surface area contributed by atoms with Gasteiger partial charge in [-0.05, 0) is 25.8 Å². The Morgan fingerprint density at radius 1 is 1.35 bits per heavy atom. The normalized spacial score (nSPS) is 16.1. The maximum Gasteiger partial charge on any atom is 0.319 e. The minimum atomic E-state index is -1.21. The largest absolute Gasteiger partial charge is 0.480 e. The number of carboxylic acid groups (broad SMARTS) is 1. The Labute approximate surface area is 115 Å². The van der Waals surface area contributed by atoms with Gasteiger partial charge in [0, 0.05) is 10.9 Å². The number of hydrogen-bond acceptors (Lipinski definition) is 3. The van der Waals surface area contributed by atoms with Crippen molar-refractivity contribution in [1.82, 2.24) is 5.32 Å². The molecule has 2 aromatic rings. The molecule has 1 aliphatic rings. The first-order chi connectivity index (χ1) is 9.54. The zero-order valence-electron chi connectivity index (χ0n) is 11.1. The fourth-order valence-corrected chi connectivity index (χ4v) is 2.39. The number of para-hydroxylation sites is 1. The van der Waals surface area contributed by atoms with Gasteiger partial charge in [-0.1, -0.05) is 18.2 Å². The molecule has 0 spiro atoms. The molecular formula is C15H15NO4. The van der Waals surface area contributed by atoms with Crippen LogP contribution in [0.4, 0.5) is 0 Å². The first-order valence-corrected chi connectivity index (χ1v) is 6.53. The van der Waals surface area contributed by atoms with E-state index in [0.717, 1.165) is 16.5 Å². The van der Waals surface area contributed by atoms with Crippen LogP contribution >= 0.6 is 0 Å². The van der Waals surface area contributed by atoms with Crippen molar-refractivity contribution >= 4 is 22.8 Å². The zero-order chi connectivity index (χ0) is 14.3. The summed E-state index contributed by atoms with van der Waals surface area (Å²) in [6.07, 6.45) is 0.820. The molecule has 1 amide bonds. The van der Waals surface area contributed by atoms with Crippen LogP contribution in [0.5, 0.6) is 0 Å². The molecular weight excluding hydrogens is 258 g/mol. The molecule has 0 aliphatic heterocycles. The van der Waals surface area contributed by atoms with Crippen molar-refractivity contribution < 1.29 is 19.1 Å². The molecule has 3 rings (SSSR count). The summed E-state index contributed by atoms with van der Waals surface area (Å²) in [6.45, 7) is 2.14. The molecule has 0 bridgehead atoms. The second-order valence-corrected chi connectivity index (χ2v) is 5.22. The van der Waals surface area contributed by atoms with Crippen molar-refractivity contribution in [2.24, 2.45) is 5.41 Å². The smallest absolute Gasteiger partial charge is 0.319 e. The van der Waals surface area contributed by atoms with Crippen LogP contribution in [0.15, 0.2) is 28.7 Å². The number of benzene rings is 1. The molecule has 0 unspecified atom stereocenters. The number of carbonyl (C=O) groups excluding carboxylic acids is 1. The summed E-state index contributed by atoms with van der Waals surface area (Å²) in [6, 6.07) is 7.64. The first kappa shape index (κ1) is 12.7. The molecule has 2 N–H and O–H groups in total. The lowest BCUT2D eigenvalue weighted by Crippen LogP contribution is -2.36. The van der Waals surface area contributed by atoms with Crippen LogP contribution in [-0.4, -0.2) is 17.0 Å². The number of furan rings is 1. The molecule has 5 nitrogen and oxygen atoms in total. The highest BCUT2D eigenvalue weighted by molar-refractivity contribution is 6.04. The second kappa shape index (κ2) is 4.37. The number of rotatable bonds is 4. The fourth-order valence-electron chi connectivity index (χ4n) is 2.39. The van der Waals surface area contributed by atoms with Gasteiger partial charge in [-0.2, -0.15) is 0 Å². The van der Waals surface area contributed by atoms with E-state index in [-0.39, 0.29) is 6.54 Å². The third-order valence-corrected chi connectivity index (χ3v) is 3.95. The number of aliphatic carboxylic acids is 1. The summed E-state index contributed by atoms with van der Waals surface area (Å²) in [5.74, 6) is -0.804. The third-order valence-electron chi connectivity index (χ3n) is 3.95. The Morgan fingerprint density at radius 2 is 2.05 bits per heavy atom. The van der Waals surface area contributed by atoms with E-state index in [4.69, 9.17) is 9.52 Å². The quantitative estimate of drug-likeness (QED) is 0.837. The van der Waals surface area contributed by atoms with Crippen LogP contribution in [0.1, 0.15) is 24.2 Å². The lowest BCUT2D eigenvalue weighted by atomic mass is 10.1. The maximum absolute atomic E-state index is 11.9. The average molecular weight is 273 g/mol. The van der Waals surface area contributed by atoms with Gasteiger partial charge in [0.15, 0.2) is 0 Å². The van der Waals surface area contributed by atoms with Crippen molar-refractivity contribution in [3.05, 3.63) is 35.6 Å². The molecule has 1 saturated carbocycles. The topological polar surface area (TPSA) is 79.5 Å². The van der Waals surface area contributed by atoms with Gasteiger partial charge in [-0.25, -0.2) is 0 Å². The van der Waals surface area contributed by atoms with Crippen molar-refractivity contribution in [3.63, 3.8) is 0 Å². The van der Waals surface area contributed by atoms with Gasteiger partial charge in [0.25, 0.3) is 0 Å². The van der Waals surface area contributed by atoms with Crippen LogP contribution in [0, 0.1) is 12.3 Å². The summed E-state index contributed by atoms with van der Waals surface area (Å²) in [5.41, 5.74) is 0.537. The average Bonchev–Trinajstić information content (AvgIpc) is 3.19. The standard InChI is InChI=1S/C15H15NO4/c1-9-10-4-2-3-5-11(10)20-12(9)8-16-13(17)15(6-7-15)14(18)19/h2-5H,6-8H2,1H3,(H,16,17)(H,18,19). The lowest BCUT2D eigenvalue weighted by molar-refractivity contribution is -0.149. The van der Waals surface area contributed by atoms with E-state index in [0.29, 0.717) is 18.6 Å². The number of fused-ring (bicyclic) bond motifs is 1. The van der Waals surface area contributed by atoms with Crippen molar-refractivity contribution in [2.75, 3.05) is 0 Å². The molecule has 0 atom stereocenters. The lowest BCUT2D eigenvalue weighted by Gasteiger charge is -2.09. The van der Waals surface area contributed by atoms with Gasteiger partial charge in [-0.15, -0.1) is 0 Å². The van der Waals surface area contributed by atoms with Crippen LogP contribution in [0.2, 0.25) is 0 Å². The molecule has 5 heteroatoms. The third kappa shape index (κ3) is 1.86. The summed E-state index contributed by atoms with van der Waals surface area (Å²) in [7, 11) is 0. The molecule has 1 aromatic heterocycles. The zero-order valence-corrected chi connectivity index (χ0v) is 11.1. The highest BCUT2D eigenvalue weighted by Crippen LogP contribution is 2.46. The van der Waals surface area contributed by atoms with Crippen LogP contribution in [-0.2, 0) is 16.1 Å². The van der Waals surface area contributed by atoms with Crippen LogP contribution in [0.25, 0.3) is 11.0 Å². The van der Waals surface area contributed by atoms with Crippen LogP contribution in [0.3, 0.4) is 0 Å². The Balaban J connectivity index is 1.76. The number of nitrogens with one attached hydrogen (secondary N) is 1. The monoisotopic (exact) mass is 273 g/mol. The highest BCUT2D eigenvalue weighted by atomic mass is 16.4. The Bertz CT molecular complexity index is 697. The predicted octanol–water partition coefficient (Wildman–Crippen LogP) is 2.22. The minimum absolute atomic E-state index is 0.217. The summed E-state index contributed by atoms with van der Waals surface area (Å²) in [5, 5.41) is 12.7. The van der Waals surface area contributed by atoms with Gasteiger partial charge in [-0.3, -0.25) is 9.59 Å². The van der Waals surface area contributed by atoms with E-state index >= 15 is 0 Å². The Kier molecular flexibility index (Phi) is 2.78. The highest BCUT2D eigenvalue weighted by Gasteiger charge is 2.57. The molecule has 1 aliphatic carbocycles. The molecule has 0 radical (unpaired) electrons. The number of amides is 1. The van der Waals surface area contributed by atoms with E-state index in [9.17, 15) is 9.59 Å².